The average molecular weight is 312 g/mol. The fourth-order valence-electron chi connectivity index (χ4n) is 1.87. The van der Waals surface area contributed by atoms with E-state index in [2.05, 4.69) is 27.8 Å². The number of hydrogen-bond donors (Lipinski definition) is 2. The van der Waals surface area contributed by atoms with Gasteiger partial charge in [-0.3, -0.25) is 14.9 Å². The number of carbonyl (C=O) groups is 2. The largest absolute Gasteiger partial charge is 0.344 e. The Kier molecular flexibility index (Phi) is 7.28. The summed E-state index contributed by atoms with van der Waals surface area (Å²) in [4.78, 5) is 23.3. The van der Waals surface area contributed by atoms with Crippen LogP contribution in [0.15, 0.2) is 0 Å². The topological polar surface area (TPSA) is 84.0 Å². The summed E-state index contributed by atoms with van der Waals surface area (Å²) in [6, 6.07) is -0.560. The normalized spacial score (nSPS) is 12.2. The van der Waals surface area contributed by atoms with Crippen molar-refractivity contribution in [2.45, 2.75) is 59.4 Å². The number of nitrogens with zero attached hydrogens (tertiary/aromatic N) is 2. The van der Waals surface area contributed by atoms with E-state index in [1.54, 1.807) is 0 Å². The Morgan fingerprint density at radius 1 is 1.24 bits per heavy atom. The molecule has 1 atom stereocenters. The van der Waals surface area contributed by atoms with Gasteiger partial charge in [-0.15, -0.1) is 10.2 Å². The van der Waals surface area contributed by atoms with Crippen LogP contribution >= 0.6 is 11.3 Å². The average Bonchev–Trinajstić information content (AvgIpc) is 2.83. The van der Waals surface area contributed by atoms with E-state index in [1.807, 2.05) is 13.8 Å². The van der Waals surface area contributed by atoms with Gasteiger partial charge in [0.1, 0.15) is 11.0 Å². The van der Waals surface area contributed by atoms with Crippen LogP contribution in [0.1, 0.15) is 52.0 Å². The first-order valence-electron chi connectivity index (χ1n) is 7.34. The van der Waals surface area contributed by atoms with Gasteiger partial charge in [0.15, 0.2) is 0 Å². The Labute approximate surface area is 129 Å². The van der Waals surface area contributed by atoms with Gasteiger partial charge in [0.05, 0.1) is 0 Å². The first kappa shape index (κ1) is 17.6. The Bertz CT molecular complexity index is 473. The van der Waals surface area contributed by atoms with Crippen LogP contribution in [-0.2, 0) is 16.0 Å². The zero-order valence-electron chi connectivity index (χ0n) is 13.1. The van der Waals surface area contributed by atoms with Gasteiger partial charge in [-0.2, -0.15) is 0 Å². The molecule has 1 aromatic rings. The summed E-state index contributed by atoms with van der Waals surface area (Å²) in [5.74, 6) is -0.469. The summed E-state index contributed by atoms with van der Waals surface area (Å²) in [5, 5.41) is 14.9. The summed E-state index contributed by atoms with van der Waals surface area (Å²) in [6.07, 6.45) is 4.30. The minimum atomic E-state index is -0.560. The molecular weight excluding hydrogens is 288 g/mol. The molecule has 0 fully saturated rings. The quantitative estimate of drug-likeness (QED) is 0.722. The third-order valence-electron chi connectivity index (χ3n) is 3.00. The van der Waals surface area contributed by atoms with Gasteiger partial charge < -0.3 is 5.32 Å². The molecule has 0 spiro atoms. The summed E-state index contributed by atoms with van der Waals surface area (Å²) in [6.45, 7) is 7.33. The van der Waals surface area contributed by atoms with Gasteiger partial charge in [0, 0.05) is 13.3 Å². The summed E-state index contributed by atoms with van der Waals surface area (Å²) >= 11 is 1.39. The van der Waals surface area contributed by atoms with Crippen molar-refractivity contribution >= 4 is 28.3 Å². The van der Waals surface area contributed by atoms with Crippen LogP contribution in [-0.4, -0.2) is 28.1 Å². The van der Waals surface area contributed by atoms with Crippen molar-refractivity contribution in [2.24, 2.45) is 5.92 Å². The molecule has 0 aromatic carbocycles. The maximum absolute atomic E-state index is 12.2. The SMILES string of the molecule is CCCCCc1nnc(NC(=O)[C@@H](NC(C)=O)C(C)C)s1. The lowest BCUT2D eigenvalue weighted by atomic mass is 10.0. The van der Waals surface area contributed by atoms with Crippen LogP contribution in [0.5, 0.6) is 0 Å². The molecule has 118 valence electrons. The maximum Gasteiger partial charge on any atom is 0.249 e. The van der Waals surface area contributed by atoms with Crippen molar-refractivity contribution in [3.63, 3.8) is 0 Å². The van der Waals surface area contributed by atoms with Crippen molar-refractivity contribution in [1.29, 1.82) is 0 Å². The number of aryl methyl sites for hydroxylation is 1. The first-order valence-corrected chi connectivity index (χ1v) is 8.16. The molecule has 0 saturated carbocycles. The highest BCUT2D eigenvalue weighted by molar-refractivity contribution is 7.15. The van der Waals surface area contributed by atoms with Crippen molar-refractivity contribution < 1.29 is 9.59 Å². The molecule has 0 radical (unpaired) electrons. The fraction of sp³-hybridized carbons (Fsp3) is 0.714. The molecule has 1 heterocycles. The lowest BCUT2D eigenvalue weighted by Crippen LogP contribution is -2.46. The second-order valence-electron chi connectivity index (χ2n) is 5.37. The minimum absolute atomic E-state index is 0.00541. The van der Waals surface area contributed by atoms with Crippen molar-refractivity contribution in [3.05, 3.63) is 5.01 Å². The number of rotatable bonds is 8. The van der Waals surface area contributed by atoms with Crippen LogP contribution in [0.2, 0.25) is 0 Å². The van der Waals surface area contributed by atoms with Gasteiger partial charge in [0.25, 0.3) is 0 Å². The lowest BCUT2D eigenvalue weighted by Gasteiger charge is -2.19. The number of hydrogen-bond acceptors (Lipinski definition) is 5. The van der Waals surface area contributed by atoms with Crippen molar-refractivity contribution in [1.82, 2.24) is 15.5 Å². The van der Waals surface area contributed by atoms with Gasteiger partial charge in [-0.05, 0) is 12.3 Å². The zero-order valence-corrected chi connectivity index (χ0v) is 13.9. The Hall–Kier alpha value is -1.50. The number of nitrogens with one attached hydrogen (secondary N) is 2. The Morgan fingerprint density at radius 2 is 1.95 bits per heavy atom. The maximum atomic E-state index is 12.2. The van der Waals surface area contributed by atoms with Crippen LogP contribution in [0.3, 0.4) is 0 Å². The molecule has 0 aliphatic rings. The predicted octanol–water partition coefficient (Wildman–Crippen LogP) is 2.37. The molecule has 0 bridgehead atoms. The molecule has 2 amide bonds. The second-order valence-corrected chi connectivity index (χ2v) is 6.43. The number of carbonyl (C=O) groups excluding carboxylic acids is 2. The molecule has 0 aliphatic carbocycles. The number of aromatic nitrogens is 2. The molecule has 0 aliphatic heterocycles. The van der Waals surface area contributed by atoms with Gasteiger partial charge in [-0.1, -0.05) is 44.9 Å². The molecule has 7 heteroatoms. The van der Waals surface area contributed by atoms with Gasteiger partial charge in [0.2, 0.25) is 16.9 Å². The molecule has 1 rings (SSSR count). The van der Waals surface area contributed by atoms with E-state index < -0.39 is 6.04 Å². The van der Waals surface area contributed by atoms with Crippen LogP contribution in [0, 0.1) is 5.92 Å². The summed E-state index contributed by atoms with van der Waals surface area (Å²) in [7, 11) is 0. The van der Waals surface area contributed by atoms with E-state index in [0.29, 0.717) is 5.13 Å². The first-order chi connectivity index (χ1) is 9.93. The molecule has 21 heavy (non-hydrogen) atoms. The third-order valence-corrected chi connectivity index (χ3v) is 3.90. The third kappa shape index (κ3) is 6.20. The Morgan fingerprint density at radius 3 is 2.52 bits per heavy atom. The Balaban J connectivity index is 2.58. The van der Waals surface area contributed by atoms with Crippen molar-refractivity contribution in [3.8, 4) is 0 Å². The van der Waals surface area contributed by atoms with E-state index in [0.717, 1.165) is 24.3 Å². The highest BCUT2D eigenvalue weighted by Gasteiger charge is 2.23. The zero-order chi connectivity index (χ0) is 15.8. The fourth-order valence-corrected chi connectivity index (χ4v) is 2.65. The highest BCUT2D eigenvalue weighted by atomic mass is 32.1. The number of anilines is 1. The predicted molar refractivity (Wildman–Crippen MR) is 84.2 cm³/mol. The van der Waals surface area contributed by atoms with E-state index in [-0.39, 0.29) is 17.7 Å². The van der Waals surface area contributed by atoms with Crippen LogP contribution in [0.25, 0.3) is 0 Å². The summed E-state index contributed by atoms with van der Waals surface area (Å²) in [5.41, 5.74) is 0. The highest BCUT2D eigenvalue weighted by Crippen LogP contribution is 2.18. The molecule has 1 aromatic heterocycles. The van der Waals surface area contributed by atoms with Crippen LogP contribution < -0.4 is 10.6 Å². The van der Waals surface area contributed by atoms with Crippen molar-refractivity contribution in [2.75, 3.05) is 5.32 Å². The monoisotopic (exact) mass is 312 g/mol. The molecule has 6 nitrogen and oxygen atoms in total. The van der Waals surface area contributed by atoms with E-state index >= 15 is 0 Å². The van der Waals surface area contributed by atoms with Gasteiger partial charge in [-0.25, -0.2) is 0 Å². The minimum Gasteiger partial charge on any atom is -0.344 e. The molecular formula is C14H24N4O2S. The van der Waals surface area contributed by atoms with Gasteiger partial charge >= 0.3 is 0 Å². The molecule has 0 saturated heterocycles. The second kappa shape index (κ2) is 8.71. The standard InChI is InChI=1S/C14H24N4O2S/c1-5-6-7-8-11-17-18-14(21-11)16-13(20)12(9(2)3)15-10(4)19/h9,12H,5-8H2,1-4H3,(H,15,19)(H,16,18,20)/t12-/m0/s1. The van der Waals surface area contributed by atoms with E-state index in [9.17, 15) is 9.59 Å². The molecule has 2 N–H and O–H groups in total. The lowest BCUT2D eigenvalue weighted by molar-refractivity contribution is -0.126. The van der Waals surface area contributed by atoms with E-state index in [4.69, 9.17) is 0 Å². The van der Waals surface area contributed by atoms with Crippen LogP contribution in [0.4, 0.5) is 5.13 Å². The smallest absolute Gasteiger partial charge is 0.249 e. The molecule has 0 unspecified atom stereocenters. The summed E-state index contributed by atoms with van der Waals surface area (Å²) < 4.78 is 0. The van der Waals surface area contributed by atoms with E-state index in [1.165, 1.54) is 24.7 Å². The number of amides is 2. The number of unbranched alkanes of at least 4 members (excludes halogenated alkanes) is 2.